The number of rotatable bonds is 3. The molecule has 2 heterocycles. The van der Waals surface area contributed by atoms with Gasteiger partial charge in [0.2, 0.25) is 0 Å². The van der Waals surface area contributed by atoms with Gasteiger partial charge in [-0.15, -0.1) is 12.4 Å². The molecule has 3 rings (SSSR count). The summed E-state index contributed by atoms with van der Waals surface area (Å²) in [6.07, 6.45) is 6.00. The quantitative estimate of drug-likeness (QED) is 0.932. The molecular weight excluding hydrogens is 272 g/mol. The number of fused-ring (bicyclic) bond motifs is 1. The van der Waals surface area contributed by atoms with Gasteiger partial charge in [0.15, 0.2) is 0 Å². The summed E-state index contributed by atoms with van der Waals surface area (Å²) >= 11 is 0. The van der Waals surface area contributed by atoms with Crippen LogP contribution in [0.15, 0.2) is 12.3 Å². The molecule has 2 fully saturated rings. The molecular formula is C15H27ClN4. The van der Waals surface area contributed by atoms with Gasteiger partial charge in [-0.25, -0.2) is 0 Å². The Labute approximate surface area is 128 Å². The van der Waals surface area contributed by atoms with Crippen molar-refractivity contribution < 1.29 is 0 Å². The summed E-state index contributed by atoms with van der Waals surface area (Å²) in [6.45, 7) is 7.70. The van der Waals surface area contributed by atoms with Crippen molar-refractivity contribution in [1.29, 1.82) is 0 Å². The zero-order valence-electron chi connectivity index (χ0n) is 12.5. The van der Waals surface area contributed by atoms with Crippen molar-refractivity contribution >= 4 is 12.4 Å². The third kappa shape index (κ3) is 3.18. The Balaban J connectivity index is 0.00000147. The van der Waals surface area contributed by atoms with Crippen LogP contribution in [0.2, 0.25) is 0 Å². The van der Waals surface area contributed by atoms with Gasteiger partial charge in [-0.1, -0.05) is 6.42 Å². The molecule has 1 aliphatic carbocycles. The van der Waals surface area contributed by atoms with Crippen LogP contribution >= 0.6 is 12.4 Å². The second-order valence-corrected chi connectivity index (χ2v) is 6.59. The van der Waals surface area contributed by atoms with Crippen LogP contribution in [0.1, 0.15) is 44.8 Å². The summed E-state index contributed by atoms with van der Waals surface area (Å²) in [5, 5.41) is 4.65. The summed E-state index contributed by atoms with van der Waals surface area (Å²) in [5.41, 5.74) is 7.47. The van der Waals surface area contributed by atoms with Gasteiger partial charge in [0.1, 0.15) is 0 Å². The predicted octanol–water partition coefficient (Wildman–Crippen LogP) is 2.45. The normalized spacial score (nSPS) is 30.3. The van der Waals surface area contributed by atoms with Crippen LogP contribution in [-0.4, -0.2) is 33.8 Å². The van der Waals surface area contributed by atoms with E-state index >= 15 is 0 Å². The van der Waals surface area contributed by atoms with Crippen molar-refractivity contribution in [2.75, 3.05) is 13.1 Å². The smallest absolute Gasteiger partial charge is 0.0764 e. The first-order valence-electron chi connectivity index (χ1n) is 7.65. The van der Waals surface area contributed by atoms with Crippen molar-refractivity contribution in [1.82, 2.24) is 14.7 Å². The van der Waals surface area contributed by atoms with Crippen LogP contribution < -0.4 is 5.73 Å². The molecule has 1 aromatic heterocycles. The highest BCUT2D eigenvalue weighted by Crippen LogP contribution is 2.35. The average molecular weight is 299 g/mol. The zero-order chi connectivity index (χ0) is 13.4. The zero-order valence-corrected chi connectivity index (χ0v) is 13.4. The lowest BCUT2D eigenvalue weighted by Gasteiger charge is -2.29. The van der Waals surface area contributed by atoms with E-state index in [2.05, 4.69) is 36.1 Å². The number of likely N-dealkylation sites (tertiary alicyclic amines) is 1. The van der Waals surface area contributed by atoms with Gasteiger partial charge >= 0.3 is 0 Å². The van der Waals surface area contributed by atoms with Gasteiger partial charge in [0, 0.05) is 37.9 Å². The molecule has 0 bridgehead atoms. The molecule has 2 N–H and O–H groups in total. The summed E-state index contributed by atoms with van der Waals surface area (Å²) in [4.78, 5) is 2.55. The summed E-state index contributed by atoms with van der Waals surface area (Å²) in [7, 11) is 0. The number of hydrogen-bond donors (Lipinski definition) is 1. The van der Waals surface area contributed by atoms with Crippen molar-refractivity contribution in [3.8, 4) is 0 Å². The average Bonchev–Trinajstić information content (AvgIpc) is 2.96. The van der Waals surface area contributed by atoms with E-state index in [1.54, 1.807) is 0 Å². The number of hydrogen-bond acceptors (Lipinski definition) is 3. The molecule has 20 heavy (non-hydrogen) atoms. The molecule has 2 aliphatic rings. The fourth-order valence-corrected chi connectivity index (χ4v) is 3.72. The Morgan fingerprint density at radius 3 is 2.80 bits per heavy atom. The molecule has 1 saturated carbocycles. The Hall–Kier alpha value is -0.580. The van der Waals surface area contributed by atoms with Gasteiger partial charge in [0.05, 0.1) is 5.69 Å². The van der Waals surface area contributed by atoms with Gasteiger partial charge in [0.25, 0.3) is 0 Å². The third-order valence-electron chi connectivity index (χ3n) is 4.81. The minimum atomic E-state index is 0. The van der Waals surface area contributed by atoms with E-state index in [-0.39, 0.29) is 12.4 Å². The maximum atomic E-state index is 6.27. The van der Waals surface area contributed by atoms with Crippen LogP contribution in [0.3, 0.4) is 0 Å². The largest absolute Gasteiger partial charge is 0.327 e. The van der Waals surface area contributed by atoms with E-state index in [0.717, 1.165) is 18.4 Å². The predicted molar refractivity (Wildman–Crippen MR) is 83.9 cm³/mol. The van der Waals surface area contributed by atoms with Crippen molar-refractivity contribution in [3.05, 3.63) is 18.0 Å². The Morgan fingerprint density at radius 2 is 2.15 bits per heavy atom. The van der Waals surface area contributed by atoms with Crippen LogP contribution in [0.25, 0.3) is 0 Å². The summed E-state index contributed by atoms with van der Waals surface area (Å²) < 4.78 is 2.05. The first-order valence-corrected chi connectivity index (χ1v) is 7.65. The van der Waals surface area contributed by atoms with Crippen molar-refractivity contribution in [2.45, 2.75) is 51.7 Å². The molecule has 0 radical (unpaired) electrons. The van der Waals surface area contributed by atoms with E-state index in [4.69, 9.17) is 5.73 Å². The van der Waals surface area contributed by atoms with Gasteiger partial charge in [-0.3, -0.25) is 9.58 Å². The van der Waals surface area contributed by atoms with E-state index in [1.165, 1.54) is 38.0 Å². The molecule has 3 atom stereocenters. The topological polar surface area (TPSA) is 47.1 Å². The lowest BCUT2D eigenvalue weighted by molar-refractivity contribution is 0.259. The van der Waals surface area contributed by atoms with Gasteiger partial charge in [-0.2, -0.15) is 5.10 Å². The molecule has 0 amide bonds. The third-order valence-corrected chi connectivity index (χ3v) is 4.81. The highest BCUT2D eigenvalue weighted by molar-refractivity contribution is 5.85. The molecule has 114 valence electrons. The lowest BCUT2D eigenvalue weighted by Crippen LogP contribution is -2.38. The van der Waals surface area contributed by atoms with Crippen LogP contribution in [0.4, 0.5) is 0 Å². The Bertz CT molecular complexity index is 431. The minimum Gasteiger partial charge on any atom is -0.327 e. The monoisotopic (exact) mass is 298 g/mol. The van der Waals surface area contributed by atoms with E-state index in [0.29, 0.717) is 12.1 Å². The summed E-state index contributed by atoms with van der Waals surface area (Å²) in [6, 6.07) is 3.03. The molecule has 1 saturated heterocycles. The standard InChI is InChI=1S/C15H26N4.ClH/c1-11(2)19-7-6-13(17-19)9-18-8-12-4-3-5-15(16)14(12)10-18;/h6-7,11-12,14-15H,3-5,8-10,16H2,1-2H3;1H. The van der Waals surface area contributed by atoms with Crippen molar-refractivity contribution in [2.24, 2.45) is 17.6 Å². The van der Waals surface area contributed by atoms with Crippen LogP contribution in [-0.2, 0) is 6.54 Å². The van der Waals surface area contributed by atoms with E-state index < -0.39 is 0 Å². The summed E-state index contributed by atoms with van der Waals surface area (Å²) in [5.74, 6) is 1.55. The minimum absolute atomic E-state index is 0. The molecule has 0 aromatic carbocycles. The molecule has 0 spiro atoms. The van der Waals surface area contributed by atoms with Crippen LogP contribution in [0, 0.1) is 11.8 Å². The SMILES string of the molecule is CC(C)n1ccc(CN2CC3CCCC(N)C3C2)n1.Cl. The molecule has 5 heteroatoms. The fourth-order valence-electron chi connectivity index (χ4n) is 3.72. The molecule has 1 aromatic rings. The first kappa shape index (κ1) is 15.8. The maximum absolute atomic E-state index is 6.27. The molecule has 4 nitrogen and oxygen atoms in total. The second-order valence-electron chi connectivity index (χ2n) is 6.59. The highest BCUT2D eigenvalue weighted by Gasteiger charge is 2.38. The number of aromatic nitrogens is 2. The van der Waals surface area contributed by atoms with Gasteiger partial charge in [-0.05, 0) is 44.6 Å². The molecule has 1 aliphatic heterocycles. The van der Waals surface area contributed by atoms with E-state index in [9.17, 15) is 0 Å². The van der Waals surface area contributed by atoms with Crippen LogP contribution in [0.5, 0.6) is 0 Å². The maximum Gasteiger partial charge on any atom is 0.0764 e. The number of halogens is 1. The number of nitrogens with two attached hydrogens (primary N) is 1. The van der Waals surface area contributed by atoms with Crippen molar-refractivity contribution in [3.63, 3.8) is 0 Å². The second kappa shape index (κ2) is 6.46. The molecule has 3 unspecified atom stereocenters. The Kier molecular flexibility index (Phi) is 5.10. The lowest BCUT2D eigenvalue weighted by atomic mass is 9.78. The van der Waals surface area contributed by atoms with E-state index in [1.807, 2.05) is 4.68 Å². The first-order chi connectivity index (χ1) is 9.13. The highest BCUT2D eigenvalue weighted by atomic mass is 35.5. The fraction of sp³-hybridized carbons (Fsp3) is 0.800. The Morgan fingerprint density at radius 1 is 1.35 bits per heavy atom. The van der Waals surface area contributed by atoms with Gasteiger partial charge < -0.3 is 5.73 Å². The number of nitrogens with zero attached hydrogens (tertiary/aromatic N) is 3.